The molecular formula is C20H20F7NO9. The van der Waals surface area contributed by atoms with Crippen LogP contribution in [0.4, 0.5) is 30.7 Å². The fourth-order valence-electron chi connectivity index (χ4n) is 4.45. The van der Waals surface area contributed by atoms with Gasteiger partial charge in [0.05, 0.1) is 45.7 Å². The number of halogens is 7. The maximum Gasteiger partial charge on any atom is 0.460 e. The van der Waals surface area contributed by atoms with Crippen molar-refractivity contribution in [2.45, 2.75) is 48.5 Å². The topological polar surface area (TPSA) is 126 Å². The summed E-state index contributed by atoms with van der Waals surface area (Å²) in [6.07, 6.45) is -11.7. The molecule has 4 saturated heterocycles. The monoisotopic (exact) mass is 551 g/mol. The molecule has 37 heavy (non-hydrogen) atoms. The van der Waals surface area contributed by atoms with Crippen LogP contribution in [0.5, 0.6) is 0 Å². The van der Waals surface area contributed by atoms with Gasteiger partial charge in [0.25, 0.3) is 0 Å². The highest BCUT2D eigenvalue weighted by Gasteiger charge is 2.82. The molecule has 0 amide bonds. The lowest BCUT2D eigenvalue weighted by atomic mass is 9.66. The van der Waals surface area contributed by atoms with Gasteiger partial charge in [-0.1, -0.05) is 0 Å². The first kappa shape index (κ1) is 27.8. The fraction of sp³-hybridized carbons (Fsp3) is 0.850. The van der Waals surface area contributed by atoms with Gasteiger partial charge in [0.2, 0.25) is 5.41 Å². The minimum atomic E-state index is -6.64. The molecule has 0 aromatic heterocycles. The number of esters is 2. The highest BCUT2D eigenvalue weighted by molar-refractivity contribution is 6.04. The molecule has 0 aromatic carbocycles. The van der Waals surface area contributed by atoms with Crippen molar-refractivity contribution in [2.24, 2.45) is 11.3 Å². The van der Waals surface area contributed by atoms with E-state index in [1.165, 1.54) is 0 Å². The second-order valence-corrected chi connectivity index (χ2v) is 8.70. The standard InChI is InChI=1S/C20H20F7NO9/c21-17(22,19(23,24)20(25,26)27)8-35-15(29)18-10(5-28)11-12(13(14(18)36-11)37-16(18)30)33-4-3-31-1-2-32-6-9-7-34-9/h9-14H,1-4,6-8H2. The van der Waals surface area contributed by atoms with Crippen LogP contribution in [0.15, 0.2) is 0 Å². The summed E-state index contributed by atoms with van der Waals surface area (Å²) >= 11 is 0. The molecule has 17 heteroatoms. The normalized spacial score (nSPS) is 34.4. The quantitative estimate of drug-likeness (QED) is 0.108. The summed E-state index contributed by atoms with van der Waals surface area (Å²) < 4.78 is 126. The van der Waals surface area contributed by atoms with E-state index in [4.69, 9.17) is 28.4 Å². The Morgan fingerprint density at radius 2 is 1.70 bits per heavy atom. The Morgan fingerprint density at radius 3 is 2.32 bits per heavy atom. The van der Waals surface area contributed by atoms with Crippen molar-refractivity contribution in [1.29, 1.82) is 5.26 Å². The number of carbonyl (C=O) groups excluding carboxylic acids is 2. The Kier molecular flexibility index (Phi) is 7.36. The summed E-state index contributed by atoms with van der Waals surface area (Å²) in [5.41, 5.74) is -2.65. The molecule has 0 radical (unpaired) electrons. The van der Waals surface area contributed by atoms with Crippen LogP contribution in [-0.4, -0.2) is 107 Å². The van der Waals surface area contributed by atoms with Gasteiger partial charge in [-0.3, -0.25) is 9.59 Å². The van der Waals surface area contributed by atoms with Crippen molar-refractivity contribution in [2.75, 3.05) is 46.2 Å². The third kappa shape index (κ3) is 4.62. The number of alkyl halides is 7. The molecule has 2 bridgehead atoms. The molecule has 0 aromatic rings. The molecule has 4 rings (SSSR count). The van der Waals surface area contributed by atoms with Crippen molar-refractivity contribution in [3.63, 3.8) is 0 Å². The summed E-state index contributed by atoms with van der Waals surface area (Å²) in [5.74, 6) is -17.5. The minimum absolute atomic E-state index is 0.0603. The molecule has 4 fully saturated rings. The van der Waals surface area contributed by atoms with Crippen LogP contribution in [-0.2, 0) is 42.7 Å². The second kappa shape index (κ2) is 9.80. The van der Waals surface area contributed by atoms with Crippen LogP contribution in [0.3, 0.4) is 0 Å². The predicted octanol–water partition coefficient (Wildman–Crippen LogP) is 1.01. The number of epoxide rings is 1. The summed E-state index contributed by atoms with van der Waals surface area (Å²) in [6, 6.07) is 1.62. The summed E-state index contributed by atoms with van der Waals surface area (Å²) in [6.45, 7) is -1.09. The molecule has 208 valence electrons. The van der Waals surface area contributed by atoms with E-state index in [0.717, 1.165) is 0 Å². The molecule has 4 heterocycles. The average molecular weight is 551 g/mol. The molecule has 4 aliphatic heterocycles. The number of ether oxygens (including phenoxy) is 7. The Bertz CT molecular complexity index is 938. The zero-order valence-electron chi connectivity index (χ0n) is 18.7. The molecule has 10 nitrogen and oxygen atoms in total. The number of nitriles is 1. The highest BCUT2D eigenvalue weighted by Crippen LogP contribution is 2.59. The number of rotatable bonds is 13. The van der Waals surface area contributed by atoms with Crippen molar-refractivity contribution in [3.05, 3.63) is 0 Å². The van der Waals surface area contributed by atoms with E-state index in [1.807, 2.05) is 0 Å². The number of hydrogen-bond donors (Lipinski definition) is 0. The third-order valence-electron chi connectivity index (χ3n) is 6.39. The Balaban J connectivity index is 1.34. The van der Waals surface area contributed by atoms with Crippen LogP contribution in [0.1, 0.15) is 0 Å². The summed E-state index contributed by atoms with van der Waals surface area (Å²) in [4.78, 5) is 25.3. The van der Waals surface area contributed by atoms with Crippen LogP contribution in [0, 0.1) is 22.7 Å². The van der Waals surface area contributed by atoms with E-state index in [2.05, 4.69) is 4.74 Å². The molecule has 7 unspecified atom stereocenters. The molecule has 0 aliphatic carbocycles. The minimum Gasteiger partial charge on any atom is -0.458 e. The van der Waals surface area contributed by atoms with E-state index in [0.29, 0.717) is 19.8 Å². The first-order chi connectivity index (χ1) is 17.3. The molecule has 7 atom stereocenters. The van der Waals surface area contributed by atoms with Crippen molar-refractivity contribution < 1.29 is 73.5 Å². The second-order valence-electron chi connectivity index (χ2n) is 8.70. The van der Waals surface area contributed by atoms with Gasteiger partial charge in [-0.2, -0.15) is 36.0 Å². The largest absolute Gasteiger partial charge is 0.460 e. The number of nitrogens with zero attached hydrogens (tertiary/aromatic N) is 1. The summed E-state index contributed by atoms with van der Waals surface area (Å²) in [5, 5.41) is 9.59. The average Bonchev–Trinajstić information content (AvgIpc) is 3.43. The van der Waals surface area contributed by atoms with E-state index in [1.54, 1.807) is 6.07 Å². The number of fused-ring (bicyclic) bond motifs is 1. The Labute approximate surface area is 203 Å². The zero-order chi connectivity index (χ0) is 27.2. The Morgan fingerprint density at radius 1 is 1.05 bits per heavy atom. The van der Waals surface area contributed by atoms with Crippen LogP contribution in [0.2, 0.25) is 0 Å². The predicted molar refractivity (Wildman–Crippen MR) is 98.1 cm³/mol. The maximum absolute atomic E-state index is 13.6. The molecular weight excluding hydrogens is 531 g/mol. The van der Waals surface area contributed by atoms with Crippen LogP contribution >= 0.6 is 0 Å². The third-order valence-corrected chi connectivity index (χ3v) is 6.39. The lowest BCUT2D eigenvalue weighted by molar-refractivity contribution is -0.360. The van der Waals surface area contributed by atoms with E-state index in [-0.39, 0.29) is 25.9 Å². The first-order valence-corrected chi connectivity index (χ1v) is 10.9. The van der Waals surface area contributed by atoms with E-state index in [9.17, 15) is 45.6 Å². The van der Waals surface area contributed by atoms with E-state index >= 15 is 0 Å². The van der Waals surface area contributed by atoms with E-state index < -0.39 is 72.3 Å². The molecule has 0 saturated carbocycles. The van der Waals surface area contributed by atoms with Gasteiger partial charge >= 0.3 is 30.0 Å². The van der Waals surface area contributed by atoms with Crippen molar-refractivity contribution in [1.82, 2.24) is 0 Å². The van der Waals surface area contributed by atoms with Gasteiger partial charge in [-0.25, -0.2) is 0 Å². The lowest BCUT2D eigenvalue weighted by Gasteiger charge is -2.32. The number of carbonyl (C=O) groups is 2. The molecule has 0 spiro atoms. The molecule has 0 N–H and O–H groups in total. The fourth-order valence-corrected chi connectivity index (χ4v) is 4.45. The van der Waals surface area contributed by atoms with Gasteiger partial charge < -0.3 is 33.2 Å². The van der Waals surface area contributed by atoms with Gasteiger partial charge in [0.1, 0.15) is 30.3 Å². The lowest BCUT2D eigenvalue weighted by Crippen LogP contribution is -2.57. The summed E-state index contributed by atoms with van der Waals surface area (Å²) in [7, 11) is 0. The number of hydrogen-bond acceptors (Lipinski definition) is 10. The van der Waals surface area contributed by atoms with Crippen molar-refractivity contribution >= 4 is 11.9 Å². The Hall–Kier alpha value is -2.26. The van der Waals surface area contributed by atoms with Gasteiger partial charge in [0, 0.05) is 0 Å². The highest BCUT2D eigenvalue weighted by atomic mass is 19.4. The van der Waals surface area contributed by atoms with Gasteiger partial charge in [0.15, 0.2) is 12.7 Å². The SMILES string of the molecule is N#CC1C2OC3C(OC(=O)C13C(=O)OCC(F)(F)C(F)(F)C(F)(F)F)C2OCCOCCOCC1CO1. The zero-order valence-corrected chi connectivity index (χ0v) is 18.7. The first-order valence-electron chi connectivity index (χ1n) is 10.9. The maximum atomic E-state index is 13.6. The van der Waals surface area contributed by atoms with Crippen LogP contribution < -0.4 is 0 Å². The van der Waals surface area contributed by atoms with Gasteiger partial charge in [-0.05, 0) is 0 Å². The van der Waals surface area contributed by atoms with Crippen LogP contribution in [0.25, 0.3) is 0 Å². The smallest absolute Gasteiger partial charge is 0.458 e. The van der Waals surface area contributed by atoms with Gasteiger partial charge in [-0.15, -0.1) is 0 Å². The van der Waals surface area contributed by atoms with Crippen molar-refractivity contribution in [3.8, 4) is 6.07 Å². The molecule has 4 aliphatic rings.